The maximum absolute atomic E-state index is 12.6. The number of nitrogens with zero attached hydrogens (tertiary/aromatic N) is 3. The lowest BCUT2D eigenvalue weighted by Crippen LogP contribution is -2.55. The fourth-order valence-electron chi connectivity index (χ4n) is 3.87. The van der Waals surface area contributed by atoms with E-state index in [0.717, 1.165) is 39.0 Å². The summed E-state index contributed by atoms with van der Waals surface area (Å²) < 4.78 is 0. The van der Waals surface area contributed by atoms with Gasteiger partial charge in [-0.25, -0.2) is 0 Å². The average Bonchev–Trinajstić information content (AvgIpc) is 2.60. The molecule has 2 aliphatic rings. The molecule has 2 aliphatic heterocycles. The van der Waals surface area contributed by atoms with E-state index in [1.54, 1.807) is 6.92 Å². The van der Waals surface area contributed by atoms with Gasteiger partial charge < -0.3 is 9.80 Å². The minimum Gasteiger partial charge on any atom is -0.343 e. The van der Waals surface area contributed by atoms with Gasteiger partial charge in [-0.15, -0.1) is 0 Å². The smallest absolute Gasteiger partial charge is 0.237 e. The zero-order chi connectivity index (χ0) is 18.0. The van der Waals surface area contributed by atoms with Crippen molar-refractivity contribution in [2.24, 2.45) is 0 Å². The average molecular weight is 343 g/mol. The van der Waals surface area contributed by atoms with Crippen LogP contribution in [0.25, 0.3) is 0 Å². The van der Waals surface area contributed by atoms with E-state index in [0.29, 0.717) is 19.1 Å². The first-order valence-corrected chi connectivity index (χ1v) is 9.27. The Morgan fingerprint density at radius 1 is 1.08 bits per heavy atom. The summed E-state index contributed by atoms with van der Waals surface area (Å²) in [6.45, 7) is 10.4. The molecule has 2 amide bonds. The molecule has 0 radical (unpaired) electrons. The number of likely N-dealkylation sites (tertiary alicyclic amines) is 1. The number of piperazine rings is 1. The van der Waals surface area contributed by atoms with Crippen LogP contribution in [-0.4, -0.2) is 65.3 Å². The summed E-state index contributed by atoms with van der Waals surface area (Å²) in [7, 11) is 0. The largest absolute Gasteiger partial charge is 0.343 e. The molecule has 0 spiro atoms. The summed E-state index contributed by atoms with van der Waals surface area (Å²) in [5.41, 5.74) is 3.78. The van der Waals surface area contributed by atoms with E-state index in [9.17, 15) is 9.59 Å². The van der Waals surface area contributed by atoms with Gasteiger partial charge in [-0.2, -0.15) is 0 Å². The first-order chi connectivity index (χ1) is 11.9. The molecule has 25 heavy (non-hydrogen) atoms. The molecule has 1 aromatic carbocycles. The zero-order valence-electron chi connectivity index (χ0n) is 15.6. The summed E-state index contributed by atoms with van der Waals surface area (Å²) in [4.78, 5) is 30.2. The van der Waals surface area contributed by atoms with Crippen LogP contribution in [-0.2, 0) is 16.1 Å². The Kier molecular flexibility index (Phi) is 5.42. The minimum atomic E-state index is 0.160. The van der Waals surface area contributed by atoms with Crippen LogP contribution in [0, 0.1) is 13.8 Å². The lowest BCUT2D eigenvalue weighted by Gasteiger charge is -2.42. The van der Waals surface area contributed by atoms with Gasteiger partial charge in [0.15, 0.2) is 0 Å². The Morgan fingerprint density at radius 3 is 2.40 bits per heavy atom. The van der Waals surface area contributed by atoms with Gasteiger partial charge in [-0.1, -0.05) is 18.2 Å². The predicted octanol–water partition coefficient (Wildman–Crippen LogP) is 1.96. The summed E-state index contributed by atoms with van der Waals surface area (Å²) >= 11 is 0. The molecule has 0 bridgehead atoms. The lowest BCUT2D eigenvalue weighted by molar-refractivity contribution is -0.139. The van der Waals surface area contributed by atoms with Gasteiger partial charge in [0.25, 0.3) is 0 Å². The number of carbonyl (C=O) groups is 2. The van der Waals surface area contributed by atoms with Crippen LogP contribution >= 0.6 is 0 Å². The number of hydrogen-bond donors (Lipinski definition) is 0. The minimum absolute atomic E-state index is 0.160. The normalized spacial score (nSPS) is 20.2. The molecular formula is C20H29N3O2. The molecule has 2 fully saturated rings. The van der Waals surface area contributed by atoms with E-state index in [2.05, 4.69) is 36.9 Å². The van der Waals surface area contributed by atoms with Crippen molar-refractivity contribution in [3.8, 4) is 0 Å². The van der Waals surface area contributed by atoms with Gasteiger partial charge in [0.1, 0.15) is 0 Å². The summed E-state index contributed by atoms with van der Waals surface area (Å²) in [6, 6.07) is 6.88. The van der Waals surface area contributed by atoms with Gasteiger partial charge in [0.2, 0.25) is 11.8 Å². The molecule has 0 saturated carbocycles. The third kappa shape index (κ3) is 4.21. The number of carbonyl (C=O) groups excluding carboxylic acids is 2. The maximum atomic E-state index is 12.6. The Labute approximate surface area is 150 Å². The van der Waals surface area contributed by atoms with Crippen molar-refractivity contribution in [1.82, 2.24) is 14.7 Å². The molecule has 136 valence electrons. The van der Waals surface area contributed by atoms with Crippen molar-refractivity contribution in [3.63, 3.8) is 0 Å². The Morgan fingerprint density at radius 2 is 1.80 bits per heavy atom. The molecular weight excluding hydrogens is 314 g/mol. The highest BCUT2D eigenvalue weighted by Gasteiger charge is 2.31. The second kappa shape index (κ2) is 7.56. The van der Waals surface area contributed by atoms with E-state index < -0.39 is 0 Å². The standard InChI is InChI=1S/C20H29N3O2/c1-15-4-5-18(12-16(15)2)13-23-11-10-22(14-20(23)25)19-6-8-21(9-7-19)17(3)24/h4-5,12,19H,6-11,13-14H2,1-3H3. The molecule has 0 atom stereocenters. The zero-order valence-corrected chi connectivity index (χ0v) is 15.6. The second-order valence-corrected chi connectivity index (χ2v) is 7.44. The molecule has 0 N–H and O–H groups in total. The third-order valence-electron chi connectivity index (χ3n) is 5.72. The van der Waals surface area contributed by atoms with Crippen LogP contribution in [0.15, 0.2) is 18.2 Å². The van der Waals surface area contributed by atoms with Crippen molar-refractivity contribution < 1.29 is 9.59 Å². The Bertz CT molecular complexity index is 650. The number of aryl methyl sites for hydroxylation is 2. The molecule has 1 aromatic rings. The van der Waals surface area contributed by atoms with Gasteiger partial charge in [-0.3, -0.25) is 14.5 Å². The quantitative estimate of drug-likeness (QED) is 0.843. The molecule has 2 saturated heterocycles. The number of hydrogen-bond acceptors (Lipinski definition) is 3. The van der Waals surface area contributed by atoms with Crippen molar-refractivity contribution in [2.75, 3.05) is 32.7 Å². The van der Waals surface area contributed by atoms with Crippen LogP contribution in [0.5, 0.6) is 0 Å². The van der Waals surface area contributed by atoms with Gasteiger partial charge in [-0.05, 0) is 43.4 Å². The highest BCUT2D eigenvalue weighted by Crippen LogP contribution is 2.20. The molecule has 3 rings (SSSR count). The van der Waals surface area contributed by atoms with Crippen LogP contribution in [0.3, 0.4) is 0 Å². The SMILES string of the molecule is CC(=O)N1CCC(N2CCN(Cc3ccc(C)c(C)c3)C(=O)C2)CC1. The number of benzene rings is 1. The van der Waals surface area contributed by atoms with Crippen molar-refractivity contribution in [1.29, 1.82) is 0 Å². The van der Waals surface area contributed by atoms with Crippen molar-refractivity contribution >= 4 is 11.8 Å². The van der Waals surface area contributed by atoms with Gasteiger partial charge in [0.05, 0.1) is 6.54 Å². The fourth-order valence-corrected chi connectivity index (χ4v) is 3.87. The van der Waals surface area contributed by atoms with Gasteiger partial charge in [0, 0.05) is 45.7 Å². The van der Waals surface area contributed by atoms with E-state index in [-0.39, 0.29) is 11.8 Å². The summed E-state index contributed by atoms with van der Waals surface area (Å²) in [5.74, 6) is 0.381. The molecule has 2 heterocycles. The predicted molar refractivity (Wildman–Crippen MR) is 98.2 cm³/mol. The highest BCUT2D eigenvalue weighted by molar-refractivity contribution is 5.79. The van der Waals surface area contributed by atoms with Crippen LogP contribution in [0.4, 0.5) is 0 Å². The van der Waals surface area contributed by atoms with E-state index in [4.69, 9.17) is 0 Å². The number of piperidine rings is 1. The van der Waals surface area contributed by atoms with E-state index in [1.807, 2.05) is 9.80 Å². The summed E-state index contributed by atoms with van der Waals surface area (Å²) in [5, 5.41) is 0. The first-order valence-electron chi connectivity index (χ1n) is 9.27. The Balaban J connectivity index is 1.53. The van der Waals surface area contributed by atoms with Crippen LogP contribution < -0.4 is 0 Å². The molecule has 0 unspecified atom stereocenters. The van der Waals surface area contributed by atoms with E-state index >= 15 is 0 Å². The molecule has 5 nitrogen and oxygen atoms in total. The van der Waals surface area contributed by atoms with Crippen molar-refractivity contribution in [2.45, 2.75) is 46.2 Å². The molecule has 5 heteroatoms. The van der Waals surface area contributed by atoms with Crippen LogP contribution in [0.1, 0.15) is 36.5 Å². The third-order valence-corrected chi connectivity index (χ3v) is 5.72. The topological polar surface area (TPSA) is 43.9 Å². The molecule has 0 aliphatic carbocycles. The maximum Gasteiger partial charge on any atom is 0.237 e. The Hall–Kier alpha value is -1.88. The number of amides is 2. The van der Waals surface area contributed by atoms with Crippen molar-refractivity contribution in [3.05, 3.63) is 34.9 Å². The van der Waals surface area contributed by atoms with Crippen LogP contribution in [0.2, 0.25) is 0 Å². The van der Waals surface area contributed by atoms with E-state index in [1.165, 1.54) is 16.7 Å². The van der Waals surface area contributed by atoms with Gasteiger partial charge >= 0.3 is 0 Å². The second-order valence-electron chi connectivity index (χ2n) is 7.44. The number of rotatable bonds is 3. The summed E-state index contributed by atoms with van der Waals surface area (Å²) in [6.07, 6.45) is 1.95. The lowest BCUT2D eigenvalue weighted by atomic mass is 10.0. The first kappa shape index (κ1) is 17.9. The monoisotopic (exact) mass is 343 g/mol. The fraction of sp³-hybridized carbons (Fsp3) is 0.600. The molecule has 0 aromatic heterocycles. The highest BCUT2D eigenvalue weighted by atomic mass is 16.2.